The molecule has 1 unspecified atom stereocenters. The molecule has 1 saturated carbocycles. The van der Waals surface area contributed by atoms with Gasteiger partial charge in [0.1, 0.15) is 11.5 Å². The van der Waals surface area contributed by atoms with Crippen LogP contribution in [0.5, 0.6) is 0 Å². The number of amides is 2. The van der Waals surface area contributed by atoms with E-state index in [-0.39, 0.29) is 40.7 Å². The van der Waals surface area contributed by atoms with Gasteiger partial charge in [-0.3, -0.25) is 9.59 Å². The number of primary amides is 1. The van der Waals surface area contributed by atoms with Gasteiger partial charge in [-0.05, 0) is 48.6 Å². The number of aliphatic hydroxyl groups is 1. The predicted molar refractivity (Wildman–Crippen MR) is 116 cm³/mol. The summed E-state index contributed by atoms with van der Waals surface area (Å²) in [5.74, 6) is -1.59. The van der Waals surface area contributed by atoms with Gasteiger partial charge >= 0.3 is 0 Å². The molecule has 170 valence electrons. The van der Waals surface area contributed by atoms with Gasteiger partial charge in [-0.15, -0.1) is 0 Å². The minimum Gasteiger partial charge on any atom is -0.397 e. The van der Waals surface area contributed by atoms with E-state index in [1.165, 1.54) is 29.2 Å². The quantitative estimate of drug-likeness (QED) is 0.538. The maximum absolute atomic E-state index is 14.8. The smallest absolute Gasteiger partial charge is 0.269 e. The number of carbonyl (C=O) groups is 2. The van der Waals surface area contributed by atoms with E-state index in [1.54, 1.807) is 13.1 Å². The van der Waals surface area contributed by atoms with Crippen LogP contribution in [0.1, 0.15) is 47.0 Å². The first-order valence-electron chi connectivity index (χ1n) is 10.5. The largest absolute Gasteiger partial charge is 0.397 e. The molecule has 3 aromatic rings. The highest BCUT2D eigenvalue weighted by atomic mass is 19.1. The molecule has 1 aliphatic carbocycles. The molecule has 0 bridgehead atoms. The van der Waals surface area contributed by atoms with Crippen molar-refractivity contribution in [2.75, 3.05) is 19.3 Å². The molecule has 3 heterocycles. The summed E-state index contributed by atoms with van der Waals surface area (Å²) in [5.41, 5.74) is 11.8. The molecule has 1 aromatic carbocycles. The molecule has 10 heteroatoms. The first-order chi connectivity index (χ1) is 15.7. The van der Waals surface area contributed by atoms with Crippen LogP contribution in [0.15, 0.2) is 34.9 Å². The molecule has 9 nitrogen and oxygen atoms in total. The van der Waals surface area contributed by atoms with Gasteiger partial charge < -0.3 is 26.0 Å². The van der Waals surface area contributed by atoms with E-state index in [4.69, 9.17) is 16.0 Å². The molecule has 5 N–H and O–H groups in total. The van der Waals surface area contributed by atoms with Crippen LogP contribution in [-0.2, 0) is 10.4 Å². The number of rotatable bonds is 5. The third kappa shape index (κ3) is 3.43. The van der Waals surface area contributed by atoms with E-state index in [0.29, 0.717) is 17.8 Å². The standard InChI is InChI=1S/C23H22FN5O4/c1-29-7-6-23(32,22(29)31)18-10-16(28-33-18)12-4-5-15(24)14(8-12)17-9-13(11-2-3-11)19(25)20(27-17)21(26)30/h4-5,8-11,32H,2-3,6-7,25H2,1H3,(H2,26,30). The summed E-state index contributed by atoms with van der Waals surface area (Å²) in [5, 5.41) is 14.8. The van der Waals surface area contributed by atoms with E-state index in [9.17, 15) is 19.1 Å². The number of benzene rings is 1. The number of carbonyl (C=O) groups excluding carboxylic acids is 2. The molecule has 2 fully saturated rings. The minimum absolute atomic E-state index is 0.0235. The van der Waals surface area contributed by atoms with Crippen molar-refractivity contribution >= 4 is 17.5 Å². The third-order valence-electron chi connectivity index (χ3n) is 6.31. The Morgan fingerprint density at radius 3 is 2.67 bits per heavy atom. The van der Waals surface area contributed by atoms with Crippen molar-refractivity contribution in [1.82, 2.24) is 15.0 Å². The van der Waals surface area contributed by atoms with Crippen LogP contribution in [0, 0.1) is 5.82 Å². The molecular weight excluding hydrogens is 429 g/mol. The summed E-state index contributed by atoms with van der Waals surface area (Å²) in [7, 11) is 1.60. The van der Waals surface area contributed by atoms with Crippen molar-refractivity contribution in [2.24, 2.45) is 5.73 Å². The second-order valence-electron chi connectivity index (χ2n) is 8.61. The number of halogens is 1. The zero-order valence-electron chi connectivity index (χ0n) is 17.8. The molecule has 1 atom stereocenters. The summed E-state index contributed by atoms with van der Waals surface area (Å²) in [6.07, 6.45) is 2.03. The maximum Gasteiger partial charge on any atom is 0.269 e. The number of nitrogens with two attached hydrogens (primary N) is 2. The lowest BCUT2D eigenvalue weighted by atomic mass is 9.97. The van der Waals surface area contributed by atoms with E-state index in [1.807, 2.05) is 0 Å². The van der Waals surface area contributed by atoms with Gasteiger partial charge in [0.05, 0.1) is 11.4 Å². The molecule has 0 radical (unpaired) electrons. The van der Waals surface area contributed by atoms with Crippen LogP contribution < -0.4 is 11.5 Å². The highest BCUT2D eigenvalue weighted by Gasteiger charge is 2.48. The number of pyridine rings is 1. The average molecular weight is 451 g/mol. The summed E-state index contributed by atoms with van der Waals surface area (Å²) in [4.78, 5) is 29.9. The fraction of sp³-hybridized carbons (Fsp3) is 0.304. The first-order valence-corrected chi connectivity index (χ1v) is 10.5. The van der Waals surface area contributed by atoms with Gasteiger partial charge in [-0.2, -0.15) is 0 Å². The molecule has 2 aromatic heterocycles. The molecule has 1 aliphatic heterocycles. The van der Waals surface area contributed by atoms with Gasteiger partial charge in [-0.25, -0.2) is 9.37 Å². The lowest BCUT2D eigenvalue weighted by molar-refractivity contribution is -0.144. The van der Waals surface area contributed by atoms with Crippen LogP contribution in [0.3, 0.4) is 0 Å². The Hall–Kier alpha value is -3.79. The van der Waals surface area contributed by atoms with Crippen molar-refractivity contribution in [2.45, 2.75) is 30.8 Å². The molecule has 2 amide bonds. The average Bonchev–Trinajstić information content (AvgIpc) is 3.45. The van der Waals surface area contributed by atoms with Gasteiger partial charge in [0, 0.05) is 37.2 Å². The van der Waals surface area contributed by atoms with Crippen LogP contribution in [-0.4, -0.2) is 45.6 Å². The maximum atomic E-state index is 14.8. The summed E-state index contributed by atoms with van der Waals surface area (Å²) < 4.78 is 20.1. The van der Waals surface area contributed by atoms with Gasteiger partial charge in [0.15, 0.2) is 11.5 Å². The zero-order chi connectivity index (χ0) is 23.5. The SMILES string of the molecule is CN1CCC(O)(c2cc(-c3ccc(F)c(-c4cc(C5CC5)c(N)c(C(N)=O)n4)c3)no2)C1=O. The molecule has 33 heavy (non-hydrogen) atoms. The Morgan fingerprint density at radius 2 is 2.03 bits per heavy atom. The van der Waals surface area contributed by atoms with Crippen molar-refractivity contribution in [3.8, 4) is 22.5 Å². The Kier molecular flexibility index (Phi) is 4.71. The van der Waals surface area contributed by atoms with Crippen molar-refractivity contribution in [3.05, 3.63) is 53.2 Å². The highest BCUT2D eigenvalue weighted by Crippen LogP contribution is 2.45. The summed E-state index contributed by atoms with van der Waals surface area (Å²) >= 11 is 0. The number of anilines is 1. The number of likely N-dealkylation sites (tertiary alicyclic amines) is 1. The molecule has 1 saturated heterocycles. The van der Waals surface area contributed by atoms with Crippen LogP contribution >= 0.6 is 0 Å². The lowest BCUT2D eigenvalue weighted by Gasteiger charge is -2.16. The normalized spacial score (nSPS) is 20.5. The van der Waals surface area contributed by atoms with Crippen LogP contribution in [0.25, 0.3) is 22.5 Å². The predicted octanol–water partition coefficient (Wildman–Crippen LogP) is 2.15. The minimum atomic E-state index is -1.78. The number of nitrogens with zero attached hydrogens (tertiary/aromatic N) is 3. The van der Waals surface area contributed by atoms with Crippen molar-refractivity contribution in [1.29, 1.82) is 0 Å². The van der Waals surface area contributed by atoms with E-state index >= 15 is 0 Å². The van der Waals surface area contributed by atoms with Crippen molar-refractivity contribution in [3.63, 3.8) is 0 Å². The van der Waals surface area contributed by atoms with Gasteiger partial charge in [0.25, 0.3) is 11.8 Å². The van der Waals surface area contributed by atoms with Crippen LogP contribution in [0.4, 0.5) is 10.1 Å². The van der Waals surface area contributed by atoms with Gasteiger partial charge in [-0.1, -0.05) is 5.16 Å². The third-order valence-corrected chi connectivity index (χ3v) is 6.31. The molecular formula is C23H22FN5O4. The second kappa shape index (κ2) is 7.38. The number of hydrogen-bond acceptors (Lipinski definition) is 7. The fourth-order valence-electron chi connectivity index (χ4n) is 4.20. The number of likely N-dealkylation sites (N-methyl/N-ethyl adjacent to an activating group) is 1. The number of nitrogen functional groups attached to an aromatic ring is 1. The lowest BCUT2D eigenvalue weighted by Crippen LogP contribution is -2.35. The summed E-state index contributed by atoms with van der Waals surface area (Å²) in [6.45, 7) is 0.389. The Balaban J connectivity index is 1.56. The Labute approximate surface area is 188 Å². The number of aromatic nitrogens is 2. The Morgan fingerprint density at radius 1 is 1.27 bits per heavy atom. The van der Waals surface area contributed by atoms with Crippen molar-refractivity contribution < 1.29 is 23.6 Å². The first kappa shape index (κ1) is 21.1. The molecule has 5 rings (SSSR count). The van der Waals surface area contributed by atoms with E-state index in [2.05, 4.69) is 10.1 Å². The second-order valence-corrected chi connectivity index (χ2v) is 8.61. The number of hydrogen-bond donors (Lipinski definition) is 3. The Bertz CT molecular complexity index is 1300. The highest BCUT2D eigenvalue weighted by molar-refractivity contribution is 5.97. The zero-order valence-corrected chi connectivity index (χ0v) is 17.8. The van der Waals surface area contributed by atoms with Crippen LogP contribution in [0.2, 0.25) is 0 Å². The van der Waals surface area contributed by atoms with Gasteiger partial charge in [0.2, 0.25) is 5.60 Å². The van der Waals surface area contributed by atoms with E-state index < -0.39 is 23.2 Å². The van der Waals surface area contributed by atoms with E-state index in [0.717, 1.165) is 18.4 Å². The fourth-order valence-corrected chi connectivity index (χ4v) is 4.20. The topological polar surface area (TPSA) is 149 Å². The molecule has 0 spiro atoms. The summed E-state index contributed by atoms with van der Waals surface area (Å²) in [6, 6.07) is 7.42. The molecule has 2 aliphatic rings. The monoisotopic (exact) mass is 451 g/mol.